The second kappa shape index (κ2) is 5.98. The van der Waals surface area contributed by atoms with Crippen LogP contribution in [0, 0.1) is 11.3 Å². The summed E-state index contributed by atoms with van der Waals surface area (Å²) >= 11 is 0. The van der Waals surface area contributed by atoms with Gasteiger partial charge in [-0.25, -0.2) is 4.52 Å². The minimum atomic E-state index is 0.230. The Bertz CT molecular complexity index is 1090. The Balaban J connectivity index is 1.69. The van der Waals surface area contributed by atoms with Crippen LogP contribution in [-0.4, -0.2) is 19.7 Å². The number of rotatable bonds is 3. The Morgan fingerprint density at radius 3 is 2.52 bits per heavy atom. The molecule has 0 aliphatic rings. The van der Waals surface area contributed by atoms with E-state index in [4.69, 9.17) is 5.26 Å². The van der Waals surface area contributed by atoms with E-state index in [9.17, 15) is 5.11 Å². The molecule has 0 saturated heterocycles. The first kappa shape index (κ1) is 14.7. The average molecular weight is 327 g/mol. The number of nitriles is 1. The van der Waals surface area contributed by atoms with Crippen LogP contribution >= 0.6 is 0 Å². The second-order valence-corrected chi connectivity index (χ2v) is 5.49. The molecule has 0 saturated carbocycles. The van der Waals surface area contributed by atoms with E-state index in [2.05, 4.69) is 21.5 Å². The Kier molecular flexibility index (Phi) is 3.52. The zero-order chi connectivity index (χ0) is 17.2. The smallest absolute Gasteiger partial charge is 0.247 e. The second-order valence-electron chi connectivity index (χ2n) is 5.49. The number of anilines is 2. The number of benzene rings is 2. The summed E-state index contributed by atoms with van der Waals surface area (Å²) < 4.78 is 1.68. The number of phenolic OH excluding ortho intramolecular Hbond substituents is 1. The van der Waals surface area contributed by atoms with Gasteiger partial charge in [0.2, 0.25) is 5.95 Å². The Labute approximate surface area is 143 Å². The molecule has 6 heteroatoms. The highest BCUT2D eigenvalue weighted by Crippen LogP contribution is 2.23. The minimum absolute atomic E-state index is 0.230. The molecule has 6 nitrogen and oxygen atoms in total. The molecular weight excluding hydrogens is 314 g/mol. The van der Waals surface area contributed by atoms with Crippen LogP contribution in [-0.2, 0) is 0 Å². The SMILES string of the molecule is N#Cc1ccccc1Nc1nc2ccc(-c3ccc(O)cc3)cn2n1. The van der Waals surface area contributed by atoms with Crippen molar-refractivity contribution in [1.29, 1.82) is 5.26 Å². The maximum atomic E-state index is 9.40. The van der Waals surface area contributed by atoms with Gasteiger partial charge in [0.1, 0.15) is 11.8 Å². The highest BCUT2D eigenvalue weighted by molar-refractivity contribution is 5.67. The number of nitrogens with zero attached hydrogens (tertiary/aromatic N) is 4. The number of pyridine rings is 1. The Hall–Kier alpha value is -3.85. The standard InChI is InChI=1S/C19H13N5O/c20-11-14-3-1-2-4-17(14)21-19-22-18-10-7-15(12-24(18)23-19)13-5-8-16(25)9-6-13/h1-10,12,25H,(H,21,23). The van der Waals surface area contributed by atoms with Crippen LogP contribution in [0.25, 0.3) is 16.8 Å². The van der Waals surface area contributed by atoms with Gasteiger partial charge in [0, 0.05) is 11.8 Å². The molecule has 2 aromatic carbocycles. The molecule has 0 unspecified atom stereocenters. The van der Waals surface area contributed by atoms with E-state index in [-0.39, 0.29) is 5.75 Å². The van der Waals surface area contributed by atoms with Crippen molar-refractivity contribution in [2.75, 3.05) is 5.32 Å². The van der Waals surface area contributed by atoms with Crippen LogP contribution < -0.4 is 5.32 Å². The molecule has 0 aliphatic heterocycles. The molecule has 0 bridgehead atoms. The lowest BCUT2D eigenvalue weighted by atomic mass is 10.1. The predicted octanol–water partition coefficient (Wildman–Crippen LogP) is 3.72. The lowest BCUT2D eigenvalue weighted by Crippen LogP contribution is -1.95. The number of fused-ring (bicyclic) bond motifs is 1. The minimum Gasteiger partial charge on any atom is -0.508 e. The van der Waals surface area contributed by atoms with Gasteiger partial charge in [-0.2, -0.15) is 10.2 Å². The first-order valence-electron chi connectivity index (χ1n) is 7.65. The molecule has 0 radical (unpaired) electrons. The normalized spacial score (nSPS) is 10.5. The third kappa shape index (κ3) is 2.86. The summed E-state index contributed by atoms with van der Waals surface area (Å²) in [5, 5.41) is 26.1. The summed E-state index contributed by atoms with van der Waals surface area (Å²) in [4.78, 5) is 4.42. The number of phenols is 1. The van der Waals surface area contributed by atoms with Crippen molar-refractivity contribution >= 4 is 17.3 Å². The topological polar surface area (TPSA) is 86.2 Å². The van der Waals surface area contributed by atoms with Crippen molar-refractivity contribution in [2.24, 2.45) is 0 Å². The lowest BCUT2D eigenvalue weighted by Gasteiger charge is -2.02. The Morgan fingerprint density at radius 1 is 0.960 bits per heavy atom. The zero-order valence-electron chi connectivity index (χ0n) is 13.1. The fourth-order valence-corrected chi connectivity index (χ4v) is 2.57. The first-order chi connectivity index (χ1) is 12.2. The average Bonchev–Trinajstić information content (AvgIpc) is 3.04. The summed E-state index contributed by atoms with van der Waals surface area (Å²) in [5.74, 6) is 0.652. The van der Waals surface area contributed by atoms with Crippen molar-refractivity contribution < 1.29 is 5.11 Å². The van der Waals surface area contributed by atoms with Gasteiger partial charge in [-0.05, 0) is 42.0 Å². The fraction of sp³-hybridized carbons (Fsp3) is 0. The van der Waals surface area contributed by atoms with Crippen molar-refractivity contribution in [3.05, 3.63) is 72.4 Å². The molecule has 25 heavy (non-hydrogen) atoms. The highest BCUT2D eigenvalue weighted by Gasteiger charge is 2.08. The number of aromatic hydroxyl groups is 1. The molecule has 0 atom stereocenters. The number of nitrogens with one attached hydrogen (secondary N) is 1. The molecular formula is C19H13N5O. The molecule has 4 rings (SSSR count). The van der Waals surface area contributed by atoms with Crippen LogP contribution in [0.4, 0.5) is 11.6 Å². The van der Waals surface area contributed by atoms with Gasteiger partial charge in [-0.1, -0.05) is 24.3 Å². The van der Waals surface area contributed by atoms with Crippen LogP contribution in [0.2, 0.25) is 0 Å². The molecule has 2 heterocycles. The fourth-order valence-electron chi connectivity index (χ4n) is 2.57. The number of hydrogen-bond donors (Lipinski definition) is 2. The lowest BCUT2D eigenvalue weighted by molar-refractivity contribution is 0.475. The number of hydrogen-bond acceptors (Lipinski definition) is 5. The summed E-state index contributed by atoms with van der Waals surface area (Å²) in [6, 6.07) is 20.1. The van der Waals surface area contributed by atoms with Gasteiger partial charge < -0.3 is 10.4 Å². The summed E-state index contributed by atoms with van der Waals surface area (Å²) in [6.07, 6.45) is 1.87. The zero-order valence-corrected chi connectivity index (χ0v) is 13.1. The van der Waals surface area contributed by atoms with Crippen LogP contribution in [0.5, 0.6) is 5.75 Å². The van der Waals surface area contributed by atoms with E-state index in [1.807, 2.05) is 48.7 Å². The molecule has 2 aromatic heterocycles. The maximum absolute atomic E-state index is 9.40. The summed E-state index contributed by atoms with van der Waals surface area (Å²) in [6.45, 7) is 0. The van der Waals surface area contributed by atoms with Crippen LogP contribution in [0.3, 0.4) is 0 Å². The van der Waals surface area contributed by atoms with Gasteiger partial charge in [0.15, 0.2) is 5.65 Å². The quantitative estimate of drug-likeness (QED) is 0.599. The van der Waals surface area contributed by atoms with Gasteiger partial charge >= 0.3 is 0 Å². The van der Waals surface area contributed by atoms with Crippen LogP contribution in [0.1, 0.15) is 5.56 Å². The largest absolute Gasteiger partial charge is 0.508 e. The number of para-hydroxylation sites is 1. The molecule has 0 amide bonds. The predicted molar refractivity (Wildman–Crippen MR) is 94.5 cm³/mol. The highest BCUT2D eigenvalue weighted by atomic mass is 16.3. The molecule has 2 N–H and O–H groups in total. The molecule has 0 fully saturated rings. The monoisotopic (exact) mass is 327 g/mol. The van der Waals surface area contributed by atoms with E-state index in [0.29, 0.717) is 22.8 Å². The van der Waals surface area contributed by atoms with E-state index < -0.39 is 0 Å². The van der Waals surface area contributed by atoms with Gasteiger partial charge in [0.25, 0.3) is 0 Å². The third-order valence-corrected chi connectivity index (χ3v) is 3.83. The van der Waals surface area contributed by atoms with Crippen molar-refractivity contribution in [3.63, 3.8) is 0 Å². The van der Waals surface area contributed by atoms with Crippen LogP contribution in [0.15, 0.2) is 66.9 Å². The summed E-state index contributed by atoms with van der Waals surface area (Å²) in [5.41, 5.74) is 3.83. The summed E-state index contributed by atoms with van der Waals surface area (Å²) in [7, 11) is 0. The van der Waals surface area contributed by atoms with E-state index >= 15 is 0 Å². The van der Waals surface area contributed by atoms with Gasteiger partial charge in [0.05, 0.1) is 11.3 Å². The third-order valence-electron chi connectivity index (χ3n) is 3.83. The van der Waals surface area contributed by atoms with E-state index in [1.54, 1.807) is 22.7 Å². The van der Waals surface area contributed by atoms with Crippen molar-refractivity contribution in [2.45, 2.75) is 0 Å². The maximum Gasteiger partial charge on any atom is 0.247 e. The molecule has 120 valence electrons. The number of aromatic nitrogens is 3. The Morgan fingerprint density at radius 2 is 1.72 bits per heavy atom. The van der Waals surface area contributed by atoms with E-state index in [1.165, 1.54) is 0 Å². The van der Waals surface area contributed by atoms with Crippen molar-refractivity contribution in [1.82, 2.24) is 14.6 Å². The molecule has 0 spiro atoms. The van der Waals surface area contributed by atoms with E-state index in [0.717, 1.165) is 11.1 Å². The molecule has 0 aliphatic carbocycles. The van der Waals surface area contributed by atoms with Gasteiger partial charge in [-0.3, -0.25) is 0 Å². The molecule has 4 aromatic rings. The van der Waals surface area contributed by atoms with Crippen molar-refractivity contribution in [3.8, 4) is 22.9 Å². The van der Waals surface area contributed by atoms with Gasteiger partial charge in [-0.15, -0.1) is 5.10 Å². The first-order valence-corrected chi connectivity index (χ1v) is 7.65.